The monoisotopic (exact) mass is 324 g/mol. The molecule has 106 valence electrons. The van der Waals surface area contributed by atoms with Crippen LogP contribution in [0.25, 0.3) is 0 Å². The summed E-state index contributed by atoms with van der Waals surface area (Å²) in [6.07, 6.45) is 5.16. The first kappa shape index (κ1) is 15.1. The summed E-state index contributed by atoms with van der Waals surface area (Å²) < 4.78 is 5.78. The van der Waals surface area contributed by atoms with E-state index in [0.717, 1.165) is 13.0 Å². The van der Waals surface area contributed by atoms with Gasteiger partial charge in [-0.15, -0.1) is 0 Å². The number of ether oxygens (including phenoxy) is 1. The summed E-state index contributed by atoms with van der Waals surface area (Å²) in [6.45, 7) is 7.54. The summed E-state index contributed by atoms with van der Waals surface area (Å²) in [7, 11) is 0. The van der Waals surface area contributed by atoms with Gasteiger partial charge in [-0.05, 0) is 30.4 Å². The van der Waals surface area contributed by atoms with E-state index < -0.39 is 0 Å². The van der Waals surface area contributed by atoms with Gasteiger partial charge in [0.25, 0.3) is 0 Å². The lowest BCUT2D eigenvalue weighted by Gasteiger charge is -2.51. The predicted molar refractivity (Wildman–Crippen MR) is 85.2 cm³/mol. The molecule has 0 N–H and O–H groups in total. The van der Waals surface area contributed by atoms with Crippen molar-refractivity contribution < 1.29 is 4.74 Å². The number of benzene rings is 1. The molecule has 1 aromatic carbocycles. The van der Waals surface area contributed by atoms with Crippen molar-refractivity contribution in [1.29, 1.82) is 0 Å². The number of hydrogen-bond donors (Lipinski definition) is 0. The van der Waals surface area contributed by atoms with Crippen molar-refractivity contribution in [2.45, 2.75) is 62.8 Å². The van der Waals surface area contributed by atoms with Crippen molar-refractivity contribution in [2.24, 2.45) is 0 Å². The van der Waals surface area contributed by atoms with Crippen molar-refractivity contribution in [3.8, 4) is 0 Å². The summed E-state index contributed by atoms with van der Waals surface area (Å²) in [5.74, 6) is 0. The molecule has 0 aliphatic carbocycles. The number of aryl methyl sites for hydroxylation is 1. The van der Waals surface area contributed by atoms with Crippen molar-refractivity contribution in [1.82, 2.24) is 0 Å². The van der Waals surface area contributed by atoms with Crippen LogP contribution in [0.2, 0.25) is 0 Å². The molecular formula is C17H25BrO. The highest BCUT2D eigenvalue weighted by atomic mass is 79.9. The summed E-state index contributed by atoms with van der Waals surface area (Å²) in [4.78, 5) is 0.445. The van der Waals surface area contributed by atoms with Crippen LogP contribution in [0.1, 0.15) is 51.2 Å². The van der Waals surface area contributed by atoms with E-state index in [4.69, 9.17) is 4.74 Å². The lowest BCUT2D eigenvalue weighted by Crippen LogP contribution is -2.59. The van der Waals surface area contributed by atoms with Crippen LogP contribution in [0.4, 0.5) is 0 Å². The smallest absolute Gasteiger partial charge is 0.0702 e. The second-order valence-electron chi connectivity index (χ2n) is 5.66. The maximum atomic E-state index is 5.78. The Hall–Kier alpha value is -0.340. The van der Waals surface area contributed by atoms with Gasteiger partial charge < -0.3 is 4.74 Å². The maximum absolute atomic E-state index is 5.78. The first-order chi connectivity index (χ1) is 9.15. The largest absolute Gasteiger partial charge is 0.376 e. The van der Waals surface area contributed by atoms with E-state index in [9.17, 15) is 0 Å². The molecule has 0 spiro atoms. The highest BCUT2D eigenvalue weighted by Crippen LogP contribution is 2.45. The maximum Gasteiger partial charge on any atom is 0.0702 e. The second-order valence-corrected chi connectivity index (χ2v) is 7.04. The molecule has 3 unspecified atom stereocenters. The molecule has 0 bridgehead atoms. The number of rotatable bonds is 6. The van der Waals surface area contributed by atoms with E-state index in [1.807, 2.05) is 0 Å². The van der Waals surface area contributed by atoms with Gasteiger partial charge in [-0.3, -0.25) is 0 Å². The fraction of sp³-hybridized carbons (Fsp3) is 0.647. The average molecular weight is 325 g/mol. The SMILES string of the molecule is CCCCc1ccc(C2(C(C)Br)COC2CC)cc1. The van der Waals surface area contributed by atoms with Crippen LogP contribution >= 0.6 is 15.9 Å². The molecule has 1 aliphatic rings. The van der Waals surface area contributed by atoms with Gasteiger partial charge in [0.1, 0.15) is 0 Å². The zero-order valence-electron chi connectivity index (χ0n) is 12.3. The minimum absolute atomic E-state index is 0.165. The Balaban J connectivity index is 2.19. The Bertz CT molecular complexity index is 396. The third-order valence-corrected chi connectivity index (χ3v) is 5.31. The zero-order chi connectivity index (χ0) is 13.9. The lowest BCUT2D eigenvalue weighted by atomic mass is 9.69. The molecule has 1 fully saturated rings. The highest BCUT2D eigenvalue weighted by Gasteiger charge is 2.51. The van der Waals surface area contributed by atoms with Gasteiger partial charge in [-0.2, -0.15) is 0 Å². The normalized spacial score (nSPS) is 27.9. The van der Waals surface area contributed by atoms with E-state index >= 15 is 0 Å². The molecule has 0 amide bonds. The van der Waals surface area contributed by atoms with Crippen LogP contribution in [-0.4, -0.2) is 17.5 Å². The highest BCUT2D eigenvalue weighted by molar-refractivity contribution is 9.09. The topological polar surface area (TPSA) is 9.23 Å². The Labute approximate surface area is 125 Å². The predicted octanol–water partition coefficient (Wildman–Crippen LogP) is 4.86. The van der Waals surface area contributed by atoms with Gasteiger partial charge in [0.05, 0.1) is 18.1 Å². The molecule has 3 atom stereocenters. The Morgan fingerprint density at radius 2 is 2.00 bits per heavy atom. The first-order valence-electron chi connectivity index (χ1n) is 7.50. The molecular weight excluding hydrogens is 300 g/mol. The molecule has 19 heavy (non-hydrogen) atoms. The van der Waals surface area contributed by atoms with Crippen LogP contribution < -0.4 is 0 Å². The van der Waals surface area contributed by atoms with Crippen molar-refractivity contribution in [3.63, 3.8) is 0 Å². The summed E-state index contributed by atoms with van der Waals surface area (Å²) in [6, 6.07) is 9.22. The van der Waals surface area contributed by atoms with Gasteiger partial charge in [-0.1, -0.05) is 67.4 Å². The van der Waals surface area contributed by atoms with Gasteiger partial charge >= 0.3 is 0 Å². The Kier molecular flexibility index (Phi) is 5.08. The minimum Gasteiger partial charge on any atom is -0.376 e. The third-order valence-electron chi connectivity index (χ3n) is 4.49. The van der Waals surface area contributed by atoms with E-state index in [1.54, 1.807) is 0 Å². The van der Waals surface area contributed by atoms with Gasteiger partial charge in [0.15, 0.2) is 0 Å². The number of halogens is 1. The van der Waals surface area contributed by atoms with Crippen LogP contribution in [0, 0.1) is 0 Å². The molecule has 0 aromatic heterocycles. The Morgan fingerprint density at radius 1 is 1.32 bits per heavy atom. The van der Waals surface area contributed by atoms with Gasteiger partial charge in [0, 0.05) is 4.83 Å². The molecule has 2 rings (SSSR count). The van der Waals surface area contributed by atoms with Crippen LogP contribution in [0.15, 0.2) is 24.3 Å². The fourth-order valence-corrected chi connectivity index (χ4v) is 3.79. The molecule has 1 saturated heterocycles. The molecule has 1 aromatic rings. The molecule has 0 radical (unpaired) electrons. The summed E-state index contributed by atoms with van der Waals surface area (Å²) in [5, 5.41) is 0. The van der Waals surface area contributed by atoms with E-state index in [2.05, 4.69) is 61.0 Å². The standard InChI is InChI=1S/C17H25BrO/c1-4-6-7-14-8-10-15(11-9-14)17(13(3)18)12-19-16(17)5-2/h8-11,13,16H,4-7,12H2,1-3H3. The first-order valence-corrected chi connectivity index (χ1v) is 8.41. The molecule has 1 nitrogen and oxygen atoms in total. The third kappa shape index (κ3) is 2.75. The van der Waals surface area contributed by atoms with E-state index in [0.29, 0.717) is 10.9 Å². The average Bonchev–Trinajstić information content (AvgIpc) is 2.37. The minimum atomic E-state index is 0.165. The summed E-state index contributed by atoms with van der Waals surface area (Å²) >= 11 is 3.81. The van der Waals surface area contributed by atoms with E-state index in [1.165, 1.54) is 30.4 Å². The number of hydrogen-bond acceptors (Lipinski definition) is 1. The van der Waals surface area contributed by atoms with Gasteiger partial charge in [0.2, 0.25) is 0 Å². The molecule has 0 saturated carbocycles. The lowest BCUT2D eigenvalue weighted by molar-refractivity contribution is -0.138. The molecule has 1 heterocycles. The van der Waals surface area contributed by atoms with E-state index in [-0.39, 0.29) is 5.41 Å². The Morgan fingerprint density at radius 3 is 2.42 bits per heavy atom. The van der Waals surface area contributed by atoms with Crippen LogP contribution in [0.3, 0.4) is 0 Å². The quantitative estimate of drug-likeness (QED) is 0.679. The number of alkyl halides is 1. The van der Waals surface area contributed by atoms with Crippen LogP contribution in [-0.2, 0) is 16.6 Å². The second kappa shape index (κ2) is 6.41. The number of unbranched alkanes of at least 4 members (excludes halogenated alkanes) is 1. The van der Waals surface area contributed by atoms with Crippen molar-refractivity contribution in [2.75, 3.05) is 6.61 Å². The van der Waals surface area contributed by atoms with Crippen molar-refractivity contribution >= 4 is 15.9 Å². The molecule has 1 aliphatic heterocycles. The van der Waals surface area contributed by atoms with Crippen molar-refractivity contribution in [3.05, 3.63) is 35.4 Å². The summed E-state index contributed by atoms with van der Waals surface area (Å²) in [5.41, 5.74) is 3.05. The fourth-order valence-electron chi connectivity index (χ4n) is 3.10. The van der Waals surface area contributed by atoms with Crippen LogP contribution in [0.5, 0.6) is 0 Å². The molecule has 2 heteroatoms. The zero-order valence-corrected chi connectivity index (χ0v) is 13.9. The van der Waals surface area contributed by atoms with Gasteiger partial charge in [-0.25, -0.2) is 0 Å².